The Morgan fingerprint density at radius 2 is 2.00 bits per heavy atom. The van der Waals surface area contributed by atoms with E-state index in [-0.39, 0.29) is 24.2 Å². The highest BCUT2D eigenvalue weighted by Gasteiger charge is 2.35. The van der Waals surface area contributed by atoms with Crippen LogP contribution in [-0.4, -0.2) is 24.9 Å². The number of aryl methyl sites for hydroxylation is 1. The zero-order valence-electron chi connectivity index (χ0n) is 14.2. The van der Waals surface area contributed by atoms with Crippen molar-refractivity contribution in [3.8, 4) is 0 Å². The summed E-state index contributed by atoms with van der Waals surface area (Å²) in [6.45, 7) is 2.91. The standard InChI is InChI=1S/C20H21ClN2O2/c1-14-7-8-17(21)12-18(14)23-13-16(11-19(23)24)20(25)22-10-9-15-5-3-2-4-6-15/h2-8,12,16H,9-11,13H2,1H3,(H,22,25). The Morgan fingerprint density at radius 3 is 2.76 bits per heavy atom. The summed E-state index contributed by atoms with van der Waals surface area (Å²) in [7, 11) is 0. The van der Waals surface area contributed by atoms with E-state index < -0.39 is 0 Å². The molecule has 130 valence electrons. The maximum absolute atomic E-state index is 12.4. The molecule has 1 saturated heterocycles. The van der Waals surface area contributed by atoms with Gasteiger partial charge >= 0.3 is 0 Å². The Hall–Kier alpha value is -2.33. The summed E-state index contributed by atoms with van der Waals surface area (Å²) in [6, 6.07) is 15.5. The van der Waals surface area contributed by atoms with Crippen LogP contribution in [0, 0.1) is 12.8 Å². The number of halogens is 1. The van der Waals surface area contributed by atoms with Gasteiger partial charge in [-0.15, -0.1) is 0 Å². The van der Waals surface area contributed by atoms with Crippen molar-refractivity contribution in [1.82, 2.24) is 5.32 Å². The van der Waals surface area contributed by atoms with Crippen molar-refractivity contribution in [3.05, 3.63) is 64.7 Å². The van der Waals surface area contributed by atoms with Crippen molar-refractivity contribution < 1.29 is 9.59 Å². The molecular weight excluding hydrogens is 336 g/mol. The number of benzene rings is 2. The Labute approximate surface area is 152 Å². The molecule has 2 aromatic carbocycles. The summed E-state index contributed by atoms with van der Waals surface area (Å²) < 4.78 is 0. The summed E-state index contributed by atoms with van der Waals surface area (Å²) in [5, 5.41) is 3.53. The highest BCUT2D eigenvalue weighted by atomic mass is 35.5. The molecule has 1 heterocycles. The van der Waals surface area contributed by atoms with Crippen LogP contribution in [0.1, 0.15) is 17.5 Å². The molecule has 4 nitrogen and oxygen atoms in total. The van der Waals surface area contributed by atoms with E-state index in [1.54, 1.807) is 17.0 Å². The van der Waals surface area contributed by atoms with Crippen molar-refractivity contribution in [2.24, 2.45) is 5.92 Å². The largest absolute Gasteiger partial charge is 0.355 e. The summed E-state index contributed by atoms with van der Waals surface area (Å²) in [5.74, 6) is -0.415. The lowest BCUT2D eigenvalue weighted by atomic mass is 10.1. The molecule has 0 saturated carbocycles. The van der Waals surface area contributed by atoms with Gasteiger partial charge in [-0.1, -0.05) is 48.0 Å². The molecule has 1 N–H and O–H groups in total. The predicted octanol–water partition coefficient (Wildman–Crippen LogP) is 3.36. The van der Waals surface area contributed by atoms with E-state index >= 15 is 0 Å². The minimum Gasteiger partial charge on any atom is -0.355 e. The SMILES string of the molecule is Cc1ccc(Cl)cc1N1CC(C(=O)NCCc2ccccc2)CC1=O. The first-order chi connectivity index (χ1) is 12.0. The van der Waals surface area contributed by atoms with Crippen LogP contribution in [0.3, 0.4) is 0 Å². The number of hydrogen-bond donors (Lipinski definition) is 1. The molecule has 1 fully saturated rings. The normalized spacial score (nSPS) is 17.0. The maximum Gasteiger partial charge on any atom is 0.227 e. The summed E-state index contributed by atoms with van der Waals surface area (Å²) in [5.41, 5.74) is 2.95. The molecule has 3 rings (SSSR count). The zero-order chi connectivity index (χ0) is 17.8. The van der Waals surface area contributed by atoms with Gasteiger partial charge in [-0.05, 0) is 36.6 Å². The molecule has 1 atom stereocenters. The van der Waals surface area contributed by atoms with Gasteiger partial charge in [0.1, 0.15) is 0 Å². The fraction of sp³-hybridized carbons (Fsp3) is 0.300. The summed E-state index contributed by atoms with van der Waals surface area (Å²) in [4.78, 5) is 26.4. The molecule has 5 heteroatoms. The van der Waals surface area contributed by atoms with E-state index in [4.69, 9.17) is 11.6 Å². The molecule has 0 aromatic heterocycles. The van der Waals surface area contributed by atoms with Crippen molar-refractivity contribution >= 4 is 29.1 Å². The molecule has 0 bridgehead atoms. The van der Waals surface area contributed by atoms with E-state index in [1.807, 2.05) is 43.3 Å². The van der Waals surface area contributed by atoms with Crippen molar-refractivity contribution in [2.75, 3.05) is 18.0 Å². The van der Waals surface area contributed by atoms with Gasteiger partial charge < -0.3 is 10.2 Å². The van der Waals surface area contributed by atoms with Crippen molar-refractivity contribution in [1.29, 1.82) is 0 Å². The first kappa shape index (κ1) is 17.5. The first-order valence-corrected chi connectivity index (χ1v) is 8.80. The van der Waals surface area contributed by atoms with Crippen LogP contribution in [0.25, 0.3) is 0 Å². The van der Waals surface area contributed by atoms with Crippen LogP contribution in [0.15, 0.2) is 48.5 Å². The van der Waals surface area contributed by atoms with Gasteiger partial charge in [0.25, 0.3) is 0 Å². The number of hydrogen-bond acceptors (Lipinski definition) is 2. The van der Waals surface area contributed by atoms with Crippen LogP contribution in [0.5, 0.6) is 0 Å². The number of nitrogens with one attached hydrogen (secondary N) is 1. The number of carbonyl (C=O) groups is 2. The van der Waals surface area contributed by atoms with E-state index in [1.165, 1.54) is 5.56 Å². The molecule has 2 amide bonds. The highest BCUT2D eigenvalue weighted by molar-refractivity contribution is 6.31. The topological polar surface area (TPSA) is 49.4 Å². The monoisotopic (exact) mass is 356 g/mol. The molecule has 0 spiro atoms. The molecular formula is C20H21ClN2O2. The lowest BCUT2D eigenvalue weighted by Crippen LogP contribution is -2.34. The van der Waals surface area contributed by atoms with Crippen LogP contribution >= 0.6 is 11.6 Å². The Balaban J connectivity index is 1.58. The van der Waals surface area contributed by atoms with Crippen LogP contribution in [-0.2, 0) is 16.0 Å². The van der Waals surface area contributed by atoms with Gasteiger partial charge in [-0.25, -0.2) is 0 Å². The van der Waals surface area contributed by atoms with Crippen LogP contribution < -0.4 is 10.2 Å². The van der Waals surface area contributed by atoms with Crippen LogP contribution in [0.4, 0.5) is 5.69 Å². The first-order valence-electron chi connectivity index (χ1n) is 8.43. The third-order valence-corrected chi connectivity index (χ3v) is 4.75. The quantitative estimate of drug-likeness (QED) is 0.893. The van der Waals surface area contributed by atoms with Gasteiger partial charge in [0.15, 0.2) is 0 Å². The summed E-state index contributed by atoms with van der Waals surface area (Å²) in [6.07, 6.45) is 1.02. The number of nitrogens with zero attached hydrogens (tertiary/aromatic N) is 1. The number of carbonyl (C=O) groups excluding carboxylic acids is 2. The second kappa shape index (κ2) is 7.70. The molecule has 25 heavy (non-hydrogen) atoms. The number of rotatable bonds is 5. The second-order valence-corrected chi connectivity index (χ2v) is 6.80. The van der Waals surface area contributed by atoms with Crippen LogP contribution in [0.2, 0.25) is 5.02 Å². The maximum atomic E-state index is 12.4. The lowest BCUT2D eigenvalue weighted by Gasteiger charge is -2.19. The molecule has 0 radical (unpaired) electrons. The molecule has 1 aliphatic rings. The molecule has 0 aliphatic carbocycles. The van der Waals surface area contributed by atoms with Crippen molar-refractivity contribution in [3.63, 3.8) is 0 Å². The van der Waals surface area contributed by atoms with Gasteiger partial charge in [-0.3, -0.25) is 9.59 Å². The van der Waals surface area contributed by atoms with E-state index in [0.29, 0.717) is 18.1 Å². The minimum atomic E-state index is -0.318. The number of amides is 2. The van der Waals surface area contributed by atoms with Gasteiger partial charge in [-0.2, -0.15) is 0 Å². The third kappa shape index (κ3) is 4.20. The average Bonchev–Trinajstić information content (AvgIpc) is 3.00. The van der Waals surface area contributed by atoms with E-state index in [0.717, 1.165) is 17.7 Å². The molecule has 1 aliphatic heterocycles. The molecule has 1 unspecified atom stereocenters. The molecule has 2 aromatic rings. The summed E-state index contributed by atoms with van der Waals surface area (Å²) >= 11 is 6.05. The lowest BCUT2D eigenvalue weighted by molar-refractivity contribution is -0.126. The Kier molecular flexibility index (Phi) is 5.39. The van der Waals surface area contributed by atoms with Gasteiger partial charge in [0, 0.05) is 30.2 Å². The Bertz CT molecular complexity index is 777. The fourth-order valence-corrected chi connectivity index (χ4v) is 3.27. The minimum absolute atomic E-state index is 0.0337. The third-order valence-electron chi connectivity index (χ3n) is 4.51. The Morgan fingerprint density at radius 1 is 1.24 bits per heavy atom. The van der Waals surface area contributed by atoms with Crippen molar-refractivity contribution in [2.45, 2.75) is 19.8 Å². The van der Waals surface area contributed by atoms with E-state index in [9.17, 15) is 9.59 Å². The number of anilines is 1. The average molecular weight is 357 g/mol. The zero-order valence-corrected chi connectivity index (χ0v) is 14.9. The highest BCUT2D eigenvalue weighted by Crippen LogP contribution is 2.30. The predicted molar refractivity (Wildman–Crippen MR) is 99.8 cm³/mol. The van der Waals surface area contributed by atoms with Gasteiger partial charge in [0.05, 0.1) is 5.92 Å². The second-order valence-electron chi connectivity index (χ2n) is 6.36. The fourth-order valence-electron chi connectivity index (χ4n) is 3.11. The smallest absolute Gasteiger partial charge is 0.227 e. The van der Waals surface area contributed by atoms with Gasteiger partial charge in [0.2, 0.25) is 11.8 Å². The van der Waals surface area contributed by atoms with E-state index in [2.05, 4.69) is 5.32 Å².